The number of carbonyl (C=O) groups excluding carboxylic acids is 2. The lowest BCUT2D eigenvalue weighted by Crippen LogP contribution is -2.21. The standard InChI is InChI=1S/C27H25N3O4/c31-26(29-22-8-4-9-23(18-22)30-27(32)25-10-5-16-34-25)19-28-21-11-13-24(14-12-21)33-17-15-20-6-2-1-3-7-20/h1-14,16,18,28H,15,17,19H2,(H,29,31)(H,30,32). The Hall–Kier alpha value is -4.52. The molecule has 0 saturated carbocycles. The Labute approximate surface area is 197 Å². The molecule has 1 heterocycles. The fraction of sp³-hybridized carbons (Fsp3) is 0.111. The van der Waals surface area contributed by atoms with E-state index in [1.807, 2.05) is 42.5 Å². The summed E-state index contributed by atoms with van der Waals surface area (Å²) in [6.07, 6.45) is 2.28. The Kier molecular flexibility index (Phi) is 7.58. The largest absolute Gasteiger partial charge is 0.493 e. The lowest BCUT2D eigenvalue weighted by atomic mass is 10.2. The van der Waals surface area contributed by atoms with Gasteiger partial charge in [-0.15, -0.1) is 0 Å². The Morgan fingerprint density at radius 3 is 2.26 bits per heavy atom. The molecular weight excluding hydrogens is 430 g/mol. The van der Waals surface area contributed by atoms with E-state index in [1.54, 1.807) is 36.4 Å². The van der Waals surface area contributed by atoms with Crippen LogP contribution in [0.5, 0.6) is 5.75 Å². The summed E-state index contributed by atoms with van der Waals surface area (Å²) in [5.74, 6) is 0.422. The van der Waals surface area contributed by atoms with Gasteiger partial charge in [0.2, 0.25) is 5.91 Å². The summed E-state index contributed by atoms with van der Waals surface area (Å²) in [5.41, 5.74) is 3.17. The van der Waals surface area contributed by atoms with Crippen LogP contribution in [-0.4, -0.2) is 25.0 Å². The summed E-state index contributed by atoms with van der Waals surface area (Å²) in [7, 11) is 0. The smallest absolute Gasteiger partial charge is 0.291 e. The van der Waals surface area contributed by atoms with Crippen LogP contribution in [0.25, 0.3) is 0 Å². The summed E-state index contributed by atoms with van der Waals surface area (Å²) in [5, 5.41) is 8.64. The lowest BCUT2D eigenvalue weighted by Gasteiger charge is -2.11. The van der Waals surface area contributed by atoms with Gasteiger partial charge in [-0.1, -0.05) is 36.4 Å². The average Bonchev–Trinajstić information content (AvgIpc) is 3.40. The number of carbonyl (C=O) groups is 2. The summed E-state index contributed by atoms with van der Waals surface area (Å²) in [4.78, 5) is 24.5. The second kappa shape index (κ2) is 11.4. The van der Waals surface area contributed by atoms with E-state index in [2.05, 4.69) is 28.1 Å². The molecule has 0 saturated heterocycles. The molecule has 3 N–H and O–H groups in total. The van der Waals surface area contributed by atoms with Gasteiger partial charge in [0.05, 0.1) is 19.4 Å². The van der Waals surface area contributed by atoms with Crippen LogP contribution in [0.4, 0.5) is 17.1 Å². The second-order valence-corrected chi connectivity index (χ2v) is 7.52. The van der Waals surface area contributed by atoms with Crippen LogP contribution in [-0.2, 0) is 11.2 Å². The predicted octanol–water partition coefficient (Wildman–Crippen LogP) is 5.20. The Bertz CT molecular complexity index is 1210. The highest BCUT2D eigenvalue weighted by molar-refractivity contribution is 6.02. The van der Waals surface area contributed by atoms with E-state index in [4.69, 9.17) is 9.15 Å². The Balaban J connectivity index is 1.21. The maximum Gasteiger partial charge on any atom is 0.291 e. The van der Waals surface area contributed by atoms with Crippen molar-refractivity contribution >= 4 is 28.9 Å². The highest BCUT2D eigenvalue weighted by Crippen LogP contribution is 2.18. The monoisotopic (exact) mass is 455 g/mol. The van der Waals surface area contributed by atoms with Gasteiger partial charge < -0.3 is 25.1 Å². The maximum absolute atomic E-state index is 12.3. The molecule has 0 bridgehead atoms. The number of nitrogens with one attached hydrogen (secondary N) is 3. The Morgan fingerprint density at radius 1 is 0.765 bits per heavy atom. The highest BCUT2D eigenvalue weighted by atomic mass is 16.5. The highest BCUT2D eigenvalue weighted by Gasteiger charge is 2.09. The zero-order valence-electron chi connectivity index (χ0n) is 18.5. The van der Waals surface area contributed by atoms with Gasteiger partial charge in [-0.05, 0) is 60.2 Å². The first kappa shape index (κ1) is 22.7. The van der Waals surface area contributed by atoms with Gasteiger partial charge in [0.15, 0.2) is 5.76 Å². The molecule has 0 radical (unpaired) electrons. The molecule has 3 aromatic carbocycles. The van der Waals surface area contributed by atoms with Gasteiger partial charge in [0, 0.05) is 23.5 Å². The van der Waals surface area contributed by atoms with Crippen LogP contribution in [0.3, 0.4) is 0 Å². The average molecular weight is 456 g/mol. The normalized spacial score (nSPS) is 10.4. The SMILES string of the molecule is O=C(CNc1ccc(OCCc2ccccc2)cc1)Nc1cccc(NC(=O)c2ccco2)c1. The van der Waals surface area contributed by atoms with Gasteiger partial charge in [-0.25, -0.2) is 0 Å². The Morgan fingerprint density at radius 2 is 1.53 bits per heavy atom. The van der Waals surface area contributed by atoms with Gasteiger partial charge in [0.1, 0.15) is 5.75 Å². The topological polar surface area (TPSA) is 92.6 Å². The third-order valence-corrected chi connectivity index (χ3v) is 4.96. The molecule has 0 fully saturated rings. The summed E-state index contributed by atoms with van der Waals surface area (Å²) < 4.78 is 10.9. The van der Waals surface area contributed by atoms with Crippen molar-refractivity contribution in [2.75, 3.05) is 29.1 Å². The van der Waals surface area contributed by atoms with E-state index in [-0.39, 0.29) is 24.1 Å². The van der Waals surface area contributed by atoms with Crippen LogP contribution < -0.4 is 20.7 Å². The minimum atomic E-state index is -0.359. The van der Waals surface area contributed by atoms with Gasteiger partial charge in [-0.3, -0.25) is 9.59 Å². The van der Waals surface area contributed by atoms with E-state index >= 15 is 0 Å². The summed E-state index contributed by atoms with van der Waals surface area (Å²) >= 11 is 0. The molecule has 0 unspecified atom stereocenters. The van der Waals surface area contributed by atoms with E-state index in [1.165, 1.54) is 11.8 Å². The number of hydrogen-bond donors (Lipinski definition) is 3. The molecule has 172 valence electrons. The zero-order chi connectivity index (χ0) is 23.6. The van der Waals surface area contributed by atoms with Crippen LogP contribution in [0.1, 0.15) is 16.1 Å². The van der Waals surface area contributed by atoms with Crippen LogP contribution in [0, 0.1) is 0 Å². The third kappa shape index (κ3) is 6.74. The van der Waals surface area contributed by atoms with Crippen molar-refractivity contribution < 1.29 is 18.7 Å². The molecule has 1 aromatic heterocycles. The number of ether oxygens (including phenoxy) is 1. The zero-order valence-corrected chi connectivity index (χ0v) is 18.5. The summed E-state index contributed by atoms with van der Waals surface area (Å²) in [6, 6.07) is 27.8. The molecule has 4 rings (SSSR count). The molecule has 4 aromatic rings. The van der Waals surface area contributed by atoms with Crippen LogP contribution in [0.15, 0.2) is 102 Å². The molecule has 0 atom stereocenters. The molecule has 34 heavy (non-hydrogen) atoms. The van der Waals surface area contributed by atoms with Crippen LogP contribution in [0.2, 0.25) is 0 Å². The van der Waals surface area contributed by atoms with Crippen molar-refractivity contribution in [3.8, 4) is 5.75 Å². The van der Waals surface area contributed by atoms with Crippen LogP contribution >= 0.6 is 0 Å². The second-order valence-electron chi connectivity index (χ2n) is 7.52. The van der Waals surface area contributed by atoms with Crippen molar-refractivity contribution in [2.45, 2.75) is 6.42 Å². The minimum absolute atomic E-state index is 0.0944. The number of rotatable bonds is 10. The molecule has 2 amide bonds. The molecule has 0 aliphatic carbocycles. The molecule has 0 spiro atoms. The summed E-state index contributed by atoms with van der Waals surface area (Å²) in [6.45, 7) is 0.692. The predicted molar refractivity (Wildman–Crippen MR) is 132 cm³/mol. The maximum atomic E-state index is 12.3. The number of anilines is 3. The molecular formula is C27H25N3O4. The van der Waals surface area contributed by atoms with E-state index < -0.39 is 0 Å². The third-order valence-electron chi connectivity index (χ3n) is 4.96. The first-order chi connectivity index (χ1) is 16.7. The number of hydrogen-bond acceptors (Lipinski definition) is 5. The van der Waals surface area contributed by atoms with E-state index in [0.717, 1.165) is 17.9 Å². The quantitative estimate of drug-likeness (QED) is 0.306. The van der Waals surface area contributed by atoms with Gasteiger partial charge >= 0.3 is 0 Å². The van der Waals surface area contributed by atoms with Crippen molar-refractivity contribution in [3.63, 3.8) is 0 Å². The fourth-order valence-electron chi connectivity index (χ4n) is 3.26. The number of furan rings is 1. The van der Waals surface area contributed by atoms with Crippen molar-refractivity contribution in [3.05, 3.63) is 109 Å². The van der Waals surface area contributed by atoms with Gasteiger partial charge in [-0.2, -0.15) is 0 Å². The first-order valence-electron chi connectivity index (χ1n) is 10.9. The van der Waals surface area contributed by atoms with E-state index in [0.29, 0.717) is 18.0 Å². The van der Waals surface area contributed by atoms with Crippen molar-refractivity contribution in [1.82, 2.24) is 0 Å². The molecule has 7 heteroatoms. The minimum Gasteiger partial charge on any atom is -0.493 e. The lowest BCUT2D eigenvalue weighted by molar-refractivity contribution is -0.114. The first-order valence-corrected chi connectivity index (χ1v) is 10.9. The van der Waals surface area contributed by atoms with E-state index in [9.17, 15) is 9.59 Å². The molecule has 0 aliphatic rings. The number of benzene rings is 3. The van der Waals surface area contributed by atoms with Crippen molar-refractivity contribution in [1.29, 1.82) is 0 Å². The molecule has 7 nitrogen and oxygen atoms in total. The number of amides is 2. The molecule has 0 aliphatic heterocycles. The van der Waals surface area contributed by atoms with Gasteiger partial charge in [0.25, 0.3) is 5.91 Å². The fourth-order valence-corrected chi connectivity index (χ4v) is 3.26. The van der Waals surface area contributed by atoms with Crippen molar-refractivity contribution in [2.24, 2.45) is 0 Å².